The van der Waals surface area contributed by atoms with Crippen LogP contribution >= 0.6 is 22.9 Å². The van der Waals surface area contributed by atoms with Gasteiger partial charge >= 0.3 is 0 Å². The van der Waals surface area contributed by atoms with Gasteiger partial charge in [0, 0.05) is 26.1 Å². The molecule has 0 bridgehead atoms. The summed E-state index contributed by atoms with van der Waals surface area (Å²) in [5, 5.41) is 4.09. The Balaban J connectivity index is 1.43. The lowest BCUT2D eigenvalue weighted by Crippen LogP contribution is -2.55. The molecule has 2 atom stereocenters. The molecule has 1 aromatic heterocycles. The van der Waals surface area contributed by atoms with Crippen LogP contribution in [-0.2, 0) is 14.4 Å². The molecule has 26 heavy (non-hydrogen) atoms. The number of likely N-dealkylation sites (tertiary alicyclic amines) is 2. The summed E-state index contributed by atoms with van der Waals surface area (Å²) in [5.74, 6) is -0.0247. The predicted molar refractivity (Wildman–Crippen MR) is 101 cm³/mol. The number of hydrogen-bond donors (Lipinski definition) is 0. The Kier molecular flexibility index (Phi) is 5.18. The summed E-state index contributed by atoms with van der Waals surface area (Å²) in [4.78, 5) is 35.9. The molecule has 8 heteroatoms. The van der Waals surface area contributed by atoms with Crippen LogP contribution in [0.4, 0.5) is 0 Å². The summed E-state index contributed by atoms with van der Waals surface area (Å²) in [6.07, 6.45) is 4.54. The summed E-state index contributed by atoms with van der Waals surface area (Å²) in [7, 11) is 0. The van der Waals surface area contributed by atoms with Crippen molar-refractivity contribution < 1.29 is 14.4 Å². The first kappa shape index (κ1) is 17.8. The fraction of sp³-hybridized carbons (Fsp3) is 0.611. The van der Waals surface area contributed by atoms with E-state index in [1.807, 2.05) is 17.0 Å². The van der Waals surface area contributed by atoms with Crippen molar-refractivity contribution in [2.24, 2.45) is 5.16 Å². The number of amides is 2. The van der Waals surface area contributed by atoms with Crippen LogP contribution < -0.4 is 0 Å². The number of rotatable bonds is 3. The quantitative estimate of drug-likeness (QED) is 0.790. The highest BCUT2D eigenvalue weighted by Crippen LogP contribution is 2.28. The fourth-order valence-electron chi connectivity index (χ4n) is 3.91. The van der Waals surface area contributed by atoms with Gasteiger partial charge in [-0.15, -0.1) is 11.3 Å². The molecule has 140 valence electrons. The van der Waals surface area contributed by atoms with E-state index in [0.717, 1.165) is 55.8 Å². The van der Waals surface area contributed by atoms with E-state index < -0.39 is 6.10 Å². The van der Waals surface area contributed by atoms with E-state index >= 15 is 0 Å². The van der Waals surface area contributed by atoms with Gasteiger partial charge in [-0.2, -0.15) is 0 Å². The highest BCUT2D eigenvalue weighted by atomic mass is 35.5. The summed E-state index contributed by atoms with van der Waals surface area (Å²) >= 11 is 7.41. The van der Waals surface area contributed by atoms with E-state index in [9.17, 15) is 9.59 Å². The first-order valence-electron chi connectivity index (χ1n) is 9.21. The minimum absolute atomic E-state index is 0.0970. The molecule has 2 unspecified atom stereocenters. The minimum atomic E-state index is -0.641. The van der Waals surface area contributed by atoms with Gasteiger partial charge in [0.25, 0.3) is 5.91 Å². The van der Waals surface area contributed by atoms with Gasteiger partial charge in [-0.1, -0.05) is 16.8 Å². The fourth-order valence-corrected chi connectivity index (χ4v) is 4.94. The van der Waals surface area contributed by atoms with Crippen molar-refractivity contribution in [3.63, 3.8) is 0 Å². The van der Waals surface area contributed by atoms with Gasteiger partial charge in [-0.3, -0.25) is 9.59 Å². The lowest BCUT2D eigenvalue weighted by Gasteiger charge is -2.37. The molecule has 6 nitrogen and oxygen atoms in total. The molecular formula is C18H22ClN3O3S. The summed E-state index contributed by atoms with van der Waals surface area (Å²) in [6, 6.07) is 3.36. The van der Waals surface area contributed by atoms with Gasteiger partial charge < -0.3 is 14.6 Å². The number of oxime groups is 1. The van der Waals surface area contributed by atoms with Crippen LogP contribution in [0.15, 0.2) is 17.3 Å². The molecule has 2 saturated heterocycles. The molecule has 0 spiro atoms. The Hall–Kier alpha value is -1.60. The van der Waals surface area contributed by atoms with Crippen molar-refractivity contribution in [3.8, 4) is 0 Å². The van der Waals surface area contributed by atoms with Crippen LogP contribution in [0, 0.1) is 0 Å². The minimum Gasteiger partial charge on any atom is -0.382 e. The molecule has 2 fully saturated rings. The molecule has 0 N–H and O–H groups in total. The van der Waals surface area contributed by atoms with Crippen molar-refractivity contribution in [2.45, 2.75) is 50.7 Å². The second kappa shape index (κ2) is 7.56. The summed E-state index contributed by atoms with van der Waals surface area (Å²) < 4.78 is 0.685. The Bertz CT molecular complexity index is 729. The SMILES string of the molecule is O=C(C1CCCCN1C(=O)C1CC(c2ccc(Cl)s2)=NO1)N1CCCC1. The van der Waals surface area contributed by atoms with Crippen LogP contribution in [0.5, 0.6) is 0 Å². The summed E-state index contributed by atoms with van der Waals surface area (Å²) in [5.41, 5.74) is 0.750. The Morgan fingerprint density at radius 2 is 1.88 bits per heavy atom. The number of hydrogen-bond acceptors (Lipinski definition) is 5. The topological polar surface area (TPSA) is 62.2 Å². The Morgan fingerprint density at radius 1 is 1.12 bits per heavy atom. The third kappa shape index (κ3) is 3.47. The van der Waals surface area contributed by atoms with E-state index in [1.54, 1.807) is 4.90 Å². The zero-order valence-electron chi connectivity index (χ0n) is 14.5. The second-order valence-corrected chi connectivity index (χ2v) is 8.73. The molecule has 0 aromatic carbocycles. The van der Waals surface area contributed by atoms with Crippen LogP contribution in [0.3, 0.4) is 0 Å². The average molecular weight is 396 g/mol. The predicted octanol–water partition coefficient (Wildman–Crippen LogP) is 2.90. The van der Waals surface area contributed by atoms with Crippen molar-refractivity contribution >= 4 is 40.5 Å². The van der Waals surface area contributed by atoms with Gasteiger partial charge in [0.2, 0.25) is 12.0 Å². The highest BCUT2D eigenvalue weighted by molar-refractivity contribution is 7.18. The first-order valence-corrected chi connectivity index (χ1v) is 10.4. The van der Waals surface area contributed by atoms with E-state index in [4.69, 9.17) is 16.4 Å². The maximum Gasteiger partial charge on any atom is 0.267 e. The van der Waals surface area contributed by atoms with E-state index in [1.165, 1.54) is 11.3 Å². The summed E-state index contributed by atoms with van der Waals surface area (Å²) in [6.45, 7) is 2.23. The van der Waals surface area contributed by atoms with Crippen molar-refractivity contribution in [2.75, 3.05) is 19.6 Å². The Labute approximate surface area is 161 Å². The van der Waals surface area contributed by atoms with Crippen LogP contribution in [0.2, 0.25) is 4.34 Å². The number of thiophene rings is 1. The van der Waals surface area contributed by atoms with Crippen LogP contribution in [0.25, 0.3) is 0 Å². The number of piperidine rings is 1. The molecule has 0 radical (unpaired) electrons. The molecule has 3 aliphatic heterocycles. The lowest BCUT2D eigenvalue weighted by molar-refractivity contribution is -0.153. The lowest BCUT2D eigenvalue weighted by atomic mass is 9.99. The van der Waals surface area contributed by atoms with Gasteiger partial charge in [-0.25, -0.2) is 0 Å². The first-order chi connectivity index (χ1) is 12.6. The van der Waals surface area contributed by atoms with Gasteiger partial charge in [0.15, 0.2) is 0 Å². The largest absolute Gasteiger partial charge is 0.382 e. The second-order valence-electron chi connectivity index (χ2n) is 7.02. The molecule has 3 aliphatic rings. The molecule has 1 aromatic rings. The molecule has 2 amide bonds. The maximum absolute atomic E-state index is 13.0. The molecule has 4 rings (SSSR count). The molecular weight excluding hydrogens is 374 g/mol. The van der Waals surface area contributed by atoms with Crippen LogP contribution in [0.1, 0.15) is 43.4 Å². The highest BCUT2D eigenvalue weighted by Gasteiger charge is 2.40. The van der Waals surface area contributed by atoms with Gasteiger partial charge in [-0.05, 0) is 44.2 Å². The number of halogens is 1. The average Bonchev–Trinajstić information content (AvgIpc) is 3.41. The van der Waals surface area contributed by atoms with Crippen molar-refractivity contribution in [3.05, 3.63) is 21.3 Å². The van der Waals surface area contributed by atoms with Crippen LogP contribution in [-0.4, -0.2) is 59.1 Å². The monoisotopic (exact) mass is 395 g/mol. The molecule has 0 saturated carbocycles. The van der Waals surface area contributed by atoms with Crippen molar-refractivity contribution in [1.82, 2.24) is 9.80 Å². The normalized spacial score (nSPS) is 26.0. The number of nitrogens with zero attached hydrogens (tertiary/aromatic N) is 3. The van der Waals surface area contributed by atoms with Gasteiger partial charge in [0.05, 0.1) is 9.21 Å². The van der Waals surface area contributed by atoms with E-state index in [0.29, 0.717) is 17.3 Å². The third-order valence-electron chi connectivity index (χ3n) is 5.29. The zero-order valence-corrected chi connectivity index (χ0v) is 16.1. The van der Waals surface area contributed by atoms with Crippen molar-refractivity contribution in [1.29, 1.82) is 0 Å². The number of carbonyl (C=O) groups is 2. The standard InChI is InChI=1S/C18H22ClN3O3S/c19-16-7-6-15(26-16)12-11-14(25-20-12)18(24)22-10-2-1-5-13(22)17(23)21-8-3-4-9-21/h6-7,13-14H,1-5,8-11H2. The maximum atomic E-state index is 13.0. The third-order valence-corrected chi connectivity index (χ3v) is 6.57. The number of carbonyl (C=O) groups excluding carboxylic acids is 2. The Morgan fingerprint density at radius 3 is 2.62 bits per heavy atom. The molecule has 0 aliphatic carbocycles. The smallest absolute Gasteiger partial charge is 0.267 e. The van der Waals surface area contributed by atoms with E-state index in [-0.39, 0.29) is 17.9 Å². The van der Waals surface area contributed by atoms with Gasteiger partial charge in [0.1, 0.15) is 11.8 Å². The zero-order chi connectivity index (χ0) is 18.1. The molecule has 4 heterocycles. The van der Waals surface area contributed by atoms with E-state index in [2.05, 4.69) is 5.16 Å².